The Labute approximate surface area is 182 Å². The number of piperazine rings is 1. The number of hydrogen-bond donors (Lipinski definition) is 2. The minimum absolute atomic E-state index is 0.138. The molecular formula is C21H28N6O3S. The lowest BCUT2D eigenvalue weighted by Crippen LogP contribution is -2.54. The van der Waals surface area contributed by atoms with Crippen LogP contribution in [0.25, 0.3) is 10.9 Å². The van der Waals surface area contributed by atoms with Crippen LogP contribution in [0.4, 0.5) is 0 Å². The van der Waals surface area contributed by atoms with Gasteiger partial charge in [-0.1, -0.05) is 17.3 Å². The number of hydrogen-bond acceptors (Lipinski definition) is 5. The van der Waals surface area contributed by atoms with E-state index in [1.54, 1.807) is 13.1 Å². The third-order valence-corrected chi connectivity index (χ3v) is 7.38. The molecule has 3 aromatic rings. The zero-order valence-corrected chi connectivity index (χ0v) is 18.7. The lowest BCUT2D eigenvalue weighted by molar-refractivity contribution is 0.260. The smallest absolute Gasteiger partial charge is 0.220 e. The molecule has 1 aliphatic rings. The molecule has 1 aromatic carbocycles. The van der Waals surface area contributed by atoms with Crippen molar-refractivity contribution in [3.63, 3.8) is 0 Å². The highest BCUT2D eigenvalue weighted by Crippen LogP contribution is 2.19. The Morgan fingerprint density at radius 2 is 2.06 bits per heavy atom. The van der Waals surface area contributed by atoms with Gasteiger partial charge in [0.1, 0.15) is 12.0 Å². The van der Waals surface area contributed by atoms with Crippen molar-refractivity contribution in [2.24, 2.45) is 4.99 Å². The van der Waals surface area contributed by atoms with Gasteiger partial charge in [0.2, 0.25) is 10.0 Å². The van der Waals surface area contributed by atoms with Crippen LogP contribution in [0.3, 0.4) is 0 Å². The number of H-pyrrole nitrogens is 1. The molecule has 10 heteroatoms. The number of aromatic nitrogens is 2. The molecule has 0 spiro atoms. The number of nitrogens with zero attached hydrogens (tertiary/aromatic N) is 4. The Kier molecular flexibility index (Phi) is 6.28. The van der Waals surface area contributed by atoms with Crippen molar-refractivity contribution in [3.05, 3.63) is 53.5 Å². The van der Waals surface area contributed by atoms with Gasteiger partial charge in [0.05, 0.1) is 5.69 Å². The summed E-state index contributed by atoms with van der Waals surface area (Å²) in [5.74, 6) is 0.657. The largest absolute Gasteiger partial charge is 0.364 e. The molecule has 31 heavy (non-hydrogen) atoms. The highest BCUT2D eigenvalue weighted by atomic mass is 32.2. The number of rotatable bonds is 6. The van der Waals surface area contributed by atoms with Crippen LogP contribution in [0.5, 0.6) is 0 Å². The monoisotopic (exact) mass is 444 g/mol. The molecule has 9 nitrogen and oxygen atoms in total. The van der Waals surface area contributed by atoms with Crippen molar-refractivity contribution in [3.8, 4) is 0 Å². The second-order valence-electron chi connectivity index (χ2n) is 7.72. The van der Waals surface area contributed by atoms with Gasteiger partial charge >= 0.3 is 0 Å². The second kappa shape index (κ2) is 9.11. The van der Waals surface area contributed by atoms with E-state index in [0.717, 1.165) is 24.4 Å². The van der Waals surface area contributed by atoms with Crippen LogP contribution < -0.4 is 5.32 Å². The first kappa shape index (κ1) is 21.4. The number of benzene rings is 1. The van der Waals surface area contributed by atoms with Gasteiger partial charge < -0.3 is 19.7 Å². The first-order chi connectivity index (χ1) is 15.0. The van der Waals surface area contributed by atoms with Crippen molar-refractivity contribution in [1.82, 2.24) is 24.7 Å². The summed E-state index contributed by atoms with van der Waals surface area (Å²) in [6, 6.07) is 8.02. The van der Waals surface area contributed by atoms with Crippen molar-refractivity contribution in [2.75, 3.05) is 39.8 Å². The first-order valence-corrected chi connectivity index (χ1v) is 12.0. The molecule has 0 radical (unpaired) electrons. The number of nitrogens with one attached hydrogen (secondary N) is 2. The minimum Gasteiger partial charge on any atom is -0.364 e. The van der Waals surface area contributed by atoms with Gasteiger partial charge in [-0.05, 0) is 30.5 Å². The highest BCUT2D eigenvalue weighted by Gasteiger charge is 2.28. The van der Waals surface area contributed by atoms with E-state index in [1.165, 1.54) is 27.1 Å². The molecule has 2 aromatic heterocycles. The zero-order valence-electron chi connectivity index (χ0n) is 17.8. The topological polar surface area (TPSA) is 107 Å². The Hall–Kier alpha value is -2.85. The highest BCUT2D eigenvalue weighted by molar-refractivity contribution is 7.88. The quantitative estimate of drug-likeness (QED) is 0.443. The number of fused-ring (bicyclic) bond motifs is 1. The predicted octanol–water partition coefficient (Wildman–Crippen LogP) is 1.73. The van der Waals surface area contributed by atoms with E-state index in [4.69, 9.17) is 4.52 Å². The standard InChI is InChI=1S/C21H28N6O3S/c1-16-3-4-19-17(14-24-20(19)13-16)5-7-23-21(22-2)26-8-10-27(11-9-26)31(28,29)15-18-6-12-30-25-18/h3-4,6,12-14,24H,5,7-11,15H2,1-2H3,(H,22,23). The maximum Gasteiger partial charge on any atom is 0.220 e. The van der Waals surface area contributed by atoms with E-state index >= 15 is 0 Å². The van der Waals surface area contributed by atoms with Crippen LogP contribution in [0.1, 0.15) is 16.8 Å². The maximum atomic E-state index is 12.6. The van der Waals surface area contributed by atoms with Crippen LogP contribution in [-0.2, 0) is 22.2 Å². The summed E-state index contributed by atoms with van der Waals surface area (Å²) in [5, 5.41) is 8.37. The summed E-state index contributed by atoms with van der Waals surface area (Å²) in [4.78, 5) is 9.82. The fourth-order valence-corrected chi connectivity index (χ4v) is 5.34. The third kappa shape index (κ3) is 4.91. The van der Waals surface area contributed by atoms with Gasteiger partial charge in [-0.25, -0.2) is 8.42 Å². The molecule has 0 unspecified atom stereocenters. The Balaban J connectivity index is 1.29. The van der Waals surface area contributed by atoms with Crippen molar-refractivity contribution in [2.45, 2.75) is 19.1 Å². The third-order valence-electron chi connectivity index (χ3n) is 5.57. The molecule has 4 rings (SSSR count). The van der Waals surface area contributed by atoms with Gasteiger partial charge in [0.25, 0.3) is 0 Å². The molecule has 0 amide bonds. The van der Waals surface area contributed by atoms with Crippen LogP contribution in [0.15, 0.2) is 46.2 Å². The van der Waals surface area contributed by atoms with Gasteiger partial charge in [0.15, 0.2) is 5.96 Å². The number of aromatic amines is 1. The van der Waals surface area contributed by atoms with Crippen LogP contribution in [0, 0.1) is 6.92 Å². The Morgan fingerprint density at radius 3 is 2.77 bits per heavy atom. The van der Waals surface area contributed by atoms with Crippen LogP contribution in [-0.4, -0.2) is 73.5 Å². The van der Waals surface area contributed by atoms with E-state index in [0.29, 0.717) is 31.9 Å². The lowest BCUT2D eigenvalue weighted by atomic mass is 10.1. The molecule has 3 heterocycles. The predicted molar refractivity (Wildman–Crippen MR) is 120 cm³/mol. The SMILES string of the molecule is CN=C(NCCc1c[nH]c2cc(C)ccc12)N1CCN(S(=O)(=O)Cc2ccon2)CC1. The zero-order chi connectivity index (χ0) is 21.8. The van der Waals surface area contributed by atoms with Gasteiger partial charge in [0, 0.05) is 62.9 Å². The summed E-state index contributed by atoms with van der Waals surface area (Å²) in [5.41, 5.74) is 4.08. The summed E-state index contributed by atoms with van der Waals surface area (Å²) >= 11 is 0. The molecule has 1 aliphatic heterocycles. The van der Waals surface area contributed by atoms with Crippen LogP contribution >= 0.6 is 0 Å². The molecule has 2 N–H and O–H groups in total. The number of sulfonamides is 1. The Bertz CT molecular complexity index is 1150. The average molecular weight is 445 g/mol. The minimum atomic E-state index is -3.41. The van der Waals surface area contributed by atoms with Crippen molar-refractivity contribution in [1.29, 1.82) is 0 Å². The first-order valence-electron chi connectivity index (χ1n) is 10.4. The molecular weight excluding hydrogens is 416 g/mol. The summed E-state index contributed by atoms with van der Waals surface area (Å²) in [6.07, 6.45) is 4.32. The lowest BCUT2D eigenvalue weighted by Gasteiger charge is -2.35. The summed E-state index contributed by atoms with van der Waals surface area (Å²) in [6.45, 7) is 4.85. The normalized spacial score (nSPS) is 16.2. The fourth-order valence-electron chi connectivity index (χ4n) is 3.92. The molecule has 166 valence electrons. The van der Waals surface area contributed by atoms with Gasteiger partial charge in [-0.3, -0.25) is 4.99 Å². The number of aryl methyl sites for hydroxylation is 1. The molecule has 1 fully saturated rings. The summed E-state index contributed by atoms with van der Waals surface area (Å²) < 4.78 is 31.5. The molecule has 0 aliphatic carbocycles. The molecule has 0 bridgehead atoms. The van der Waals surface area contributed by atoms with E-state index in [1.807, 2.05) is 0 Å². The van der Waals surface area contributed by atoms with Gasteiger partial charge in [-0.15, -0.1) is 0 Å². The van der Waals surface area contributed by atoms with E-state index in [9.17, 15) is 8.42 Å². The molecule has 0 saturated carbocycles. The molecule has 1 saturated heterocycles. The second-order valence-corrected chi connectivity index (χ2v) is 9.69. The number of guanidine groups is 1. The maximum absolute atomic E-state index is 12.6. The van der Waals surface area contributed by atoms with Gasteiger partial charge in [-0.2, -0.15) is 4.31 Å². The Morgan fingerprint density at radius 1 is 1.26 bits per heavy atom. The summed E-state index contributed by atoms with van der Waals surface area (Å²) in [7, 11) is -1.66. The number of aliphatic imine (C=N–C) groups is 1. The molecule has 0 atom stereocenters. The van der Waals surface area contributed by atoms with Crippen LogP contribution in [0.2, 0.25) is 0 Å². The van der Waals surface area contributed by atoms with E-state index in [2.05, 4.69) is 56.7 Å². The average Bonchev–Trinajstić information content (AvgIpc) is 3.40. The fraction of sp³-hybridized carbons (Fsp3) is 0.429. The van der Waals surface area contributed by atoms with Crippen molar-refractivity contribution >= 4 is 26.9 Å². The van der Waals surface area contributed by atoms with E-state index in [-0.39, 0.29) is 5.75 Å². The van der Waals surface area contributed by atoms with E-state index < -0.39 is 10.0 Å². The van der Waals surface area contributed by atoms with Crippen molar-refractivity contribution < 1.29 is 12.9 Å².